The summed E-state index contributed by atoms with van der Waals surface area (Å²) in [5.41, 5.74) is 5.09. The first kappa shape index (κ1) is 16.0. The zero-order valence-corrected chi connectivity index (χ0v) is 13.5. The molecule has 1 aromatic heterocycles. The number of rotatable bonds is 4. The summed E-state index contributed by atoms with van der Waals surface area (Å²) in [6.07, 6.45) is 3.87. The Balaban J connectivity index is 0.00000180. The largest absolute Gasteiger partial charge is 0.253 e. The molecule has 2 aromatic rings. The third-order valence-electron chi connectivity index (χ3n) is 2.52. The molecule has 0 atom stereocenters. The quantitative estimate of drug-likeness (QED) is 0.518. The van der Waals surface area contributed by atoms with E-state index < -0.39 is 0 Å². The van der Waals surface area contributed by atoms with Gasteiger partial charge in [-0.2, -0.15) is 5.10 Å². The monoisotopic (exact) mass is 313 g/mol. The van der Waals surface area contributed by atoms with Gasteiger partial charge in [0.25, 0.3) is 0 Å². The molecule has 2 rings (SSSR count). The van der Waals surface area contributed by atoms with Crippen molar-refractivity contribution in [2.24, 2.45) is 5.10 Å². The number of hydrogen-bond donors (Lipinski definition) is 1. The lowest BCUT2D eigenvalue weighted by molar-refractivity contribution is 1.20. The second-order valence-electron chi connectivity index (χ2n) is 3.80. The van der Waals surface area contributed by atoms with Gasteiger partial charge < -0.3 is 0 Å². The van der Waals surface area contributed by atoms with E-state index in [0.29, 0.717) is 0 Å². The van der Waals surface area contributed by atoms with Crippen molar-refractivity contribution in [2.75, 3.05) is 11.7 Å². The predicted octanol–water partition coefficient (Wildman–Crippen LogP) is 4.35. The molecule has 0 aliphatic heterocycles. The maximum atomic E-state index is 4.36. The van der Waals surface area contributed by atoms with Crippen molar-refractivity contribution >= 4 is 46.9 Å². The minimum atomic E-state index is 0. The zero-order valence-electron chi connectivity index (χ0n) is 11.0. The number of hydrazone groups is 1. The minimum absolute atomic E-state index is 0. The van der Waals surface area contributed by atoms with Crippen LogP contribution in [0.1, 0.15) is 16.1 Å². The van der Waals surface area contributed by atoms with Gasteiger partial charge in [0.2, 0.25) is 5.13 Å². The van der Waals surface area contributed by atoms with Gasteiger partial charge in [0.05, 0.1) is 11.9 Å². The van der Waals surface area contributed by atoms with E-state index in [1.54, 1.807) is 29.3 Å². The van der Waals surface area contributed by atoms with Crippen LogP contribution in [0.25, 0.3) is 0 Å². The van der Waals surface area contributed by atoms with Gasteiger partial charge in [0.15, 0.2) is 0 Å². The van der Waals surface area contributed by atoms with Gasteiger partial charge in [-0.05, 0) is 37.8 Å². The summed E-state index contributed by atoms with van der Waals surface area (Å²) in [5, 5.41) is 5.02. The number of aromatic nitrogens is 1. The van der Waals surface area contributed by atoms with E-state index in [9.17, 15) is 0 Å². The van der Waals surface area contributed by atoms with Crippen molar-refractivity contribution in [1.29, 1.82) is 0 Å². The topological polar surface area (TPSA) is 37.3 Å². The fraction of sp³-hybridized carbons (Fsp3) is 0.231. The summed E-state index contributed by atoms with van der Waals surface area (Å²) in [5.74, 6) is 0. The Kier molecular flexibility index (Phi) is 6.34. The van der Waals surface area contributed by atoms with Crippen molar-refractivity contribution in [2.45, 2.75) is 18.7 Å². The van der Waals surface area contributed by atoms with E-state index in [4.69, 9.17) is 0 Å². The van der Waals surface area contributed by atoms with E-state index in [1.165, 1.54) is 9.77 Å². The van der Waals surface area contributed by atoms with E-state index in [1.807, 2.05) is 6.92 Å². The van der Waals surface area contributed by atoms with Crippen LogP contribution in [0.15, 0.2) is 34.3 Å². The van der Waals surface area contributed by atoms with Crippen LogP contribution in [-0.2, 0) is 0 Å². The van der Waals surface area contributed by atoms with Gasteiger partial charge in [0, 0.05) is 9.77 Å². The SMILES string of the molecule is CSc1ccc(/C=N/Nc2nc(C)c(C)s2)cc1.Cl. The third kappa shape index (κ3) is 4.53. The maximum Gasteiger partial charge on any atom is 0.203 e. The predicted molar refractivity (Wildman–Crippen MR) is 88.3 cm³/mol. The molecule has 0 aliphatic rings. The Morgan fingerprint density at radius 1 is 1.26 bits per heavy atom. The Morgan fingerprint density at radius 3 is 2.47 bits per heavy atom. The van der Waals surface area contributed by atoms with Gasteiger partial charge >= 0.3 is 0 Å². The molecule has 0 spiro atoms. The summed E-state index contributed by atoms with van der Waals surface area (Å²) in [6, 6.07) is 8.28. The van der Waals surface area contributed by atoms with Gasteiger partial charge in [-0.15, -0.1) is 35.5 Å². The van der Waals surface area contributed by atoms with Crippen LogP contribution in [0.2, 0.25) is 0 Å². The number of thioether (sulfide) groups is 1. The van der Waals surface area contributed by atoms with Crippen LogP contribution in [0.3, 0.4) is 0 Å². The molecular weight excluding hydrogens is 298 g/mol. The lowest BCUT2D eigenvalue weighted by atomic mass is 10.2. The van der Waals surface area contributed by atoms with Gasteiger partial charge in [-0.25, -0.2) is 4.98 Å². The minimum Gasteiger partial charge on any atom is -0.253 e. The summed E-state index contributed by atoms with van der Waals surface area (Å²) < 4.78 is 0. The van der Waals surface area contributed by atoms with Crippen LogP contribution < -0.4 is 5.43 Å². The number of halogens is 1. The van der Waals surface area contributed by atoms with E-state index >= 15 is 0 Å². The maximum absolute atomic E-state index is 4.36. The molecule has 1 heterocycles. The highest BCUT2D eigenvalue weighted by Crippen LogP contribution is 2.20. The molecule has 0 radical (unpaired) electrons. The molecule has 0 fully saturated rings. The van der Waals surface area contributed by atoms with Crippen molar-refractivity contribution in [3.63, 3.8) is 0 Å². The number of thiazole rings is 1. The van der Waals surface area contributed by atoms with Crippen molar-refractivity contribution < 1.29 is 0 Å². The van der Waals surface area contributed by atoms with Gasteiger partial charge in [-0.1, -0.05) is 12.1 Å². The smallest absolute Gasteiger partial charge is 0.203 e. The molecule has 102 valence electrons. The molecule has 0 aliphatic carbocycles. The normalized spacial score (nSPS) is 10.5. The van der Waals surface area contributed by atoms with Crippen molar-refractivity contribution in [3.8, 4) is 0 Å². The van der Waals surface area contributed by atoms with E-state index in [2.05, 4.69) is 53.0 Å². The second kappa shape index (κ2) is 7.53. The zero-order chi connectivity index (χ0) is 13.0. The Bertz CT molecular complexity index is 530. The average Bonchev–Trinajstić information content (AvgIpc) is 2.69. The second-order valence-corrected chi connectivity index (χ2v) is 5.89. The average molecular weight is 314 g/mol. The van der Waals surface area contributed by atoms with Gasteiger partial charge in [-0.3, -0.25) is 5.43 Å². The summed E-state index contributed by atoms with van der Waals surface area (Å²) in [4.78, 5) is 6.83. The van der Waals surface area contributed by atoms with Crippen LogP contribution in [0, 0.1) is 13.8 Å². The summed E-state index contributed by atoms with van der Waals surface area (Å²) >= 11 is 3.35. The highest BCUT2D eigenvalue weighted by atomic mass is 35.5. The number of anilines is 1. The molecule has 19 heavy (non-hydrogen) atoms. The summed E-state index contributed by atoms with van der Waals surface area (Å²) in [6.45, 7) is 4.06. The molecule has 0 bridgehead atoms. The lowest BCUT2D eigenvalue weighted by Gasteiger charge is -1.97. The first-order valence-electron chi connectivity index (χ1n) is 5.56. The van der Waals surface area contributed by atoms with Crippen LogP contribution in [0.4, 0.5) is 5.13 Å². The highest BCUT2D eigenvalue weighted by molar-refractivity contribution is 7.98. The highest BCUT2D eigenvalue weighted by Gasteiger charge is 2.00. The van der Waals surface area contributed by atoms with Crippen LogP contribution in [0.5, 0.6) is 0 Å². The molecule has 3 nitrogen and oxygen atoms in total. The first-order valence-corrected chi connectivity index (χ1v) is 7.60. The molecular formula is C13H16ClN3S2. The van der Waals surface area contributed by atoms with Gasteiger partial charge in [0.1, 0.15) is 0 Å². The van der Waals surface area contributed by atoms with Crippen molar-refractivity contribution in [1.82, 2.24) is 4.98 Å². The Morgan fingerprint density at radius 2 is 1.95 bits per heavy atom. The lowest BCUT2D eigenvalue weighted by Crippen LogP contribution is -1.89. The van der Waals surface area contributed by atoms with E-state index in [-0.39, 0.29) is 12.4 Å². The fourth-order valence-electron chi connectivity index (χ4n) is 1.37. The number of benzene rings is 1. The molecule has 0 saturated carbocycles. The number of nitrogens with one attached hydrogen (secondary N) is 1. The molecule has 0 unspecified atom stereocenters. The standard InChI is InChI=1S/C13H15N3S2.ClH/c1-9-10(2)18-13(15-9)16-14-8-11-4-6-12(17-3)7-5-11;/h4-8H,1-3H3,(H,15,16);1H/b14-8+;. The van der Waals surface area contributed by atoms with Crippen LogP contribution in [-0.4, -0.2) is 17.5 Å². The number of aryl methyl sites for hydroxylation is 2. The number of nitrogens with zero attached hydrogens (tertiary/aromatic N) is 2. The third-order valence-corrected chi connectivity index (χ3v) is 4.24. The van der Waals surface area contributed by atoms with Crippen molar-refractivity contribution in [3.05, 3.63) is 40.4 Å². The summed E-state index contributed by atoms with van der Waals surface area (Å²) in [7, 11) is 0. The molecule has 0 saturated heterocycles. The Labute approximate surface area is 127 Å². The molecule has 0 amide bonds. The molecule has 1 N–H and O–H groups in total. The molecule has 1 aromatic carbocycles. The van der Waals surface area contributed by atoms with Crippen LogP contribution >= 0.6 is 35.5 Å². The fourth-order valence-corrected chi connectivity index (χ4v) is 2.55. The molecule has 6 heteroatoms. The number of hydrogen-bond acceptors (Lipinski definition) is 5. The Hall–Kier alpha value is -1.04. The van der Waals surface area contributed by atoms with E-state index in [0.717, 1.165) is 16.4 Å². The first-order chi connectivity index (χ1) is 8.69.